The minimum atomic E-state index is 0.179. The van der Waals surface area contributed by atoms with E-state index in [4.69, 9.17) is 0 Å². The maximum atomic E-state index is 11.7. The lowest BCUT2D eigenvalue weighted by atomic mass is 10.0. The minimum Gasteiger partial charge on any atom is -0.356 e. The Hall–Kier alpha value is -1.39. The molecule has 1 aromatic carbocycles. The normalized spacial score (nSPS) is 19.9. The van der Waals surface area contributed by atoms with E-state index in [9.17, 15) is 4.79 Å². The van der Waals surface area contributed by atoms with Crippen molar-refractivity contribution in [2.24, 2.45) is 5.92 Å². The number of nitrogens with one attached hydrogen (secondary N) is 1. The van der Waals surface area contributed by atoms with Crippen molar-refractivity contribution >= 4 is 5.91 Å². The van der Waals surface area contributed by atoms with Gasteiger partial charge in [-0.3, -0.25) is 9.69 Å². The molecule has 128 valence electrons. The lowest BCUT2D eigenvalue weighted by Crippen LogP contribution is -2.47. The molecule has 1 N–H and O–H groups in total. The van der Waals surface area contributed by atoms with Gasteiger partial charge in [-0.05, 0) is 24.9 Å². The second kappa shape index (κ2) is 9.04. The first-order valence-corrected chi connectivity index (χ1v) is 8.80. The largest absolute Gasteiger partial charge is 0.356 e. The zero-order chi connectivity index (χ0) is 16.7. The van der Waals surface area contributed by atoms with Gasteiger partial charge < -0.3 is 10.2 Å². The van der Waals surface area contributed by atoms with Gasteiger partial charge in [0.1, 0.15) is 0 Å². The number of hydrogen-bond donors (Lipinski definition) is 1. The van der Waals surface area contributed by atoms with Crippen LogP contribution in [-0.2, 0) is 4.79 Å². The van der Waals surface area contributed by atoms with Crippen LogP contribution >= 0.6 is 0 Å². The first-order valence-electron chi connectivity index (χ1n) is 8.80. The van der Waals surface area contributed by atoms with E-state index in [-0.39, 0.29) is 5.91 Å². The second-order valence-electron chi connectivity index (χ2n) is 7.03. The first-order chi connectivity index (χ1) is 11.1. The second-order valence-corrected chi connectivity index (χ2v) is 7.03. The average Bonchev–Trinajstić information content (AvgIpc) is 2.53. The minimum absolute atomic E-state index is 0.179. The van der Waals surface area contributed by atoms with Crippen LogP contribution < -0.4 is 5.32 Å². The Bertz CT molecular complexity index is 475. The number of amides is 1. The predicted octanol–water partition coefficient (Wildman–Crippen LogP) is 2.53. The van der Waals surface area contributed by atoms with Gasteiger partial charge in [0.2, 0.25) is 5.91 Å². The summed E-state index contributed by atoms with van der Waals surface area (Å²) in [5.74, 6) is 0.605. The van der Waals surface area contributed by atoms with Gasteiger partial charge in [-0.1, -0.05) is 44.2 Å². The van der Waals surface area contributed by atoms with Crippen molar-refractivity contribution in [2.45, 2.75) is 32.7 Å². The van der Waals surface area contributed by atoms with Crippen molar-refractivity contribution < 1.29 is 4.79 Å². The van der Waals surface area contributed by atoms with Gasteiger partial charge in [-0.15, -0.1) is 0 Å². The molecule has 1 heterocycles. The standard InChI is InChI=1S/C19H31N3O/c1-16(2)14-19(23)20-10-7-11-22-13-12-21(3)15-18(22)17-8-5-4-6-9-17/h4-6,8-9,16,18H,7,10-15H2,1-3H3,(H,20,23)/t18-/m0/s1. The lowest BCUT2D eigenvalue weighted by molar-refractivity contribution is -0.121. The highest BCUT2D eigenvalue weighted by Gasteiger charge is 2.25. The van der Waals surface area contributed by atoms with E-state index in [0.717, 1.165) is 39.1 Å². The maximum absolute atomic E-state index is 11.7. The molecule has 2 rings (SSSR count). The molecule has 1 atom stereocenters. The molecule has 23 heavy (non-hydrogen) atoms. The summed E-state index contributed by atoms with van der Waals surface area (Å²) in [6.45, 7) is 9.25. The fraction of sp³-hybridized carbons (Fsp3) is 0.632. The molecule has 0 unspecified atom stereocenters. The molecule has 1 aliphatic heterocycles. The van der Waals surface area contributed by atoms with E-state index in [1.807, 2.05) is 0 Å². The Balaban J connectivity index is 1.81. The van der Waals surface area contributed by atoms with Gasteiger partial charge in [0.25, 0.3) is 0 Å². The van der Waals surface area contributed by atoms with Crippen LogP contribution in [0, 0.1) is 5.92 Å². The molecular weight excluding hydrogens is 286 g/mol. The first kappa shape index (κ1) is 18.0. The van der Waals surface area contributed by atoms with Crippen molar-refractivity contribution in [3.05, 3.63) is 35.9 Å². The van der Waals surface area contributed by atoms with E-state index in [2.05, 4.69) is 66.3 Å². The summed E-state index contributed by atoms with van der Waals surface area (Å²) in [6.07, 6.45) is 1.64. The molecule has 0 radical (unpaired) electrons. The van der Waals surface area contributed by atoms with Crippen LogP contribution in [0.5, 0.6) is 0 Å². The summed E-state index contributed by atoms with van der Waals surface area (Å²) in [6, 6.07) is 11.2. The Morgan fingerprint density at radius 3 is 2.70 bits per heavy atom. The number of hydrogen-bond acceptors (Lipinski definition) is 3. The van der Waals surface area contributed by atoms with Crippen molar-refractivity contribution in [3.8, 4) is 0 Å². The van der Waals surface area contributed by atoms with Gasteiger partial charge in [0.15, 0.2) is 0 Å². The number of carbonyl (C=O) groups excluding carboxylic acids is 1. The van der Waals surface area contributed by atoms with Crippen LogP contribution in [0.1, 0.15) is 38.3 Å². The molecule has 1 aromatic rings. The van der Waals surface area contributed by atoms with E-state index < -0.39 is 0 Å². The quantitative estimate of drug-likeness (QED) is 0.785. The third kappa shape index (κ3) is 5.96. The smallest absolute Gasteiger partial charge is 0.220 e. The van der Waals surface area contributed by atoms with Gasteiger partial charge in [-0.25, -0.2) is 0 Å². The number of likely N-dealkylation sites (N-methyl/N-ethyl adjacent to an activating group) is 1. The van der Waals surface area contributed by atoms with Crippen LogP contribution in [0.25, 0.3) is 0 Å². The third-order valence-corrected chi connectivity index (χ3v) is 4.42. The summed E-state index contributed by atoms with van der Waals surface area (Å²) in [4.78, 5) is 16.7. The molecule has 0 aromatic heterocycles. The van der Waals surface area contributed by atoms with E-state index in [1.165, 1.54) is 5.56 Å². The molecule has 4 nitrogen and oxygen atoms in total. The maximum Gasteiger partial charge on any atom is 0.220 e. The highest BCUT2D eigenvalue weighted by atomic mass is 16.1. The number of piperazine rings is 1. The molecule has 0 saturated carbocycles. The number of carbonyl (C=O) groups is 1. The Morgan fingerprint density at radius 2 is 2.00 bits per heavy atom. The van der Waals surface area contributed by atoms with Crippen LogP contribution in [0.4, 0.5) is 0 Å². The molecule has 0 aliphatic carbocycles. The summed E-state index contributed by atoms with van der Waals surface area (Å²) in [5.41, 5.74) is 1.39. The molecule has 0 spiro atoms. The van der Waals surface area contributed by atoms with Crippen molar-refractivity contribution in [1.82, 2.24) is 15.1 Å². The highest BCUT2D eigenvalue weighted by molar-refractivity contribution is 5.75. The predicted molar refractivity (Wildman–Crippen MR) is 95.3 cm³/mol. The molecule has 1 saturated heterocycles. The Kier molecular flexibility index (Phi) is 7.06. The lowest BCUT2D eigenvalue weighted by Gasteiger charge is -2.40. The molecular formula is C19H31N3O. The van der Waals surface area contributed by atoms with Gasteiger partial charge >= 0.3 is 0 Å². The van der Waals surface area contributed by atoms with Crippen LogP contribution in [0.15, 0.2) is 30.3 Å². The topological polar surface area (TPSA) is 35.6 Å². The summed E-state index contributed by atoms with van der Waals surface area (Å²) in [7, 11) is 2.19. The van der Waals surface area contributed by atoms with Crippen molar-refractivity contribution in [2.75, 3.05) is 39.8 Å². The Morgan fingerprint density at radius 1 is 1.26 bits per heavy atom. The molecule has 1 fully saturated rings. The highest BCUT2D eigenvalue weighted by Crippen LogP contribution is 2.24. The average molecular weight is 317 g/mol. The van der Waals surface area contributed by atoms with E-state index >= 15 is 0 Å². The number of nitrogens with zero attached hydrogens (tertiary/aromatic N) is 2. The zero-order valence-corrected chi connectivity index (χ0v) is 14.8. The van der Waals surface area contributed by atoms with Crippen LogP contribution in [-0.4, -0.2) is 55.5 Å². The number of rotatable bonds is 7. The fourth-order valence-corrected chi connectivity index (χ4v) is 3.17. The summed E-state index contributed by atoms with van der Waals surface area (Å²) in [5, 5.41) is 3.04. The van der Waals surface area contributed by atoms with Gasteiger partial charge in [0, 0.05) is 45.2 Å². The zero-order valence-electron chi connectivity index (χ0n) is 14.8. The number of benzene rings is 1. The SMILES string of the molecule is CC(C)CC(=O)NCCCN1CCN(C)C[C@H]1c1ccccc1. The van der Waals surface area contributed by atoms with E-state index in [1.54, 1.807) is 0 Å². The fourth-order valence-electron chi connectivity index (χ4n) is 3.17. The molecule has 1 aliphatic rings. The summed E-state index contributed by atoms with van der Waals surface area (Å²) < 4.78 is 0. The third-order valence-electron chi connectivity index (χ3n) is 4.42. The summed E-state index contributed by atoms with van der Waals surface area (Å²) >= 11 is 0. The van der Waals surface area contributed by atoms with Gasteiger partial charge in [0.05, 0.1) is 0 Å². The van der Waals surface area contributed by atoms with Crippen molar-refractivity contribution in [1.29, 1.82) is 0 Å². The Labute approximate surface area is 140 Å². The monoisotopic (exact) mass is 317 g/mol. The van der Waals surface area contributed by atoms with Crippen molar-refractivity contribution in [3.63, 3.8) is 0 Å². The van der Waals surface area contributed by atoms with Gasteiger partial charge in [-0.2, -0.15) is 0 Å². The van der Waals surface area contributed by atoms with E-state index in [0.29, 0.717) is 18.4 Å². The molecule has 0 bridgehead atoms. The van der Waals surface area contributed by atoms with Crippen LogP contribution in [0.3, 0.4) is 0 Å². The van der Waals surface area contributed by atoms with Crippen LogP contribution in [0.2, 0.25) is 0 Å². The molecule has 4 heteroatoms. The molecule has 1 amide bonds.